The van der Waals surface area contributed by atoms with Gasteiger partial charge in [0.2, 0.25) is 0 Å². The van der Waals surface area contributed by atoms with Crippen LogP contribution >= 0.6 is 15.9 Å². The van der Waals surface area contributed by atoms with E-state index in [2.05, 4.69) is 20.9 Å². The molecule has 0 aliphatic heterocycles. The van der Waals surface area contributed by atoms with Gasteiger partial charge in [-0.05, 0) is 12.1 Å². The van der Waals surface area contributed by atoms with Crippen LogP contribution in [0.3, 0.4) is 0 Å². The largest absolute Gasteiger partial charge is 0.382 e. The van der Waals surface area contributed by atoms with Gasteiger partial charge in [-0.3, -0.25) is 5.41 Å². The third kappa shape index (κ3) is 2.01. The van der Waals surface area contributed by atoms with Crippen LogP contribution in [0.2, 0.25) is 0 Å². The summed E-state index contributed by atoms with van der Waals surface area (Å²) in [4.78, 5) is 4.09. The van der Waals surface area contributed by atoms with E-state index in [9.17, 15) is 0 Å². The molecular weight excluding hydrogens is 206 g/mol. The second kappa shape index (κ2) is 3.48. The fraction of sp³-hybridized carbons (Fsp3) is 0.143. The normalized spacial score (nSPS) is 9.55. The number of halogens is 1. The summed E-state index contributed by atoms with van der Waals surface area (Å²) in [6.07, 6.45) is 0. The molecule has 4 heteroatoms. The molecule has 58 valence electrons. The number of nitrogens with one attached hydrogen (secondary N) is 1. The Kier molecular flexibility index (Phi) is 2.59. The third-order valence-electron chi connectivity index (χ3n) is 1.22. The fourth-order valence-corrected chi connectivity index (χ4v) is 1.02. The molecule has 0 aliphatic rings. The van der Waals surface area contributed by atoms with E-state index in [1.807, 2.05) is 12.1 Å². The highest BCUT2D eigenvalue weighted by molar-refractivity contribution is 9.08. The Morgan fingerprint density at radius 2 is 2.36 bits per heavy atom. The van der Waals surface area contributed by atoms with Gasteiger partial charge in [0, 0.05) is 5.33 Å². The minimum absolute atomic E-state index is 0.00722. The molecule has 1 rings (SSSR count). The van der Waals surface area contributed by atoms with Gasteiger partial charge in [0.05, 0.1) is 5.69 Å². The number of nitrogens with zero attached hydrogens (tertiary/aromatic N) is 1. The average Bonchev–Trinajstić information content (AvgIpc) is 2.05. The van der Waals surface area contributed by atoms with Crippen molar-refractivity contribution in [1.29, 1.82) is 5.41 Å². The molecule has 1 heterocycles. The van der Waals surface area contributed by atoms with Gasteiger partial charge in [-0.25, -0.2) is 4.98 Å². The predicted octanol–water partition coefficient (Wildman–Crippen LogP) is 1.26. The second-order valence-corrected chi connectivity index (χ2v) is 2.62. The van der Waals surface area contributed by atoms with Crippen molar-refractivity contribution in [3.63, 3.8) is 0 Å². The summed E-state index contributed by atoms with van der Waals surface area (Å²) >= 11 is 3.27. The number of hydrogen-bond donors (Lipinski definition) is 2. The number of alkyl halides is 1. The standard InChI is InChI=1S/C7H8BrN3/c8-4-5-2-1-3-6(11-5)7(9)10/h1-3H,4H2,(H3,9,10). The highest BCUT2D eigenvalue weighted by atomic mass is 79.9. The Bertz CT molecular complexity index is 272. The van der Waals surface area contributed by atoms with Crippen molar-refractivity contribution < 1.29 is 0 Å². The topological polar surface area (TPSA) is 62.8 Å². The molecule has 0 atom stereocenters. The lowest BCUT2D eigenvalue weighted by Gasteiger charge is -1.98. The van der Waals surface area contributed by atoms with E-state index in [0.717, 1.165) is 5.69 Å². The van der Waals surface area contributed by atoms with Crippen molar-refractivity contribution in [3.05, 3.63) is 29.6 Å². The van der Waals surface area contributed by atoms with Crippen LogP contribution in [-0.4, -0.2) is 10.8 Å². The lowest BCUT2D eigenvalue weighted by molar-refractivity contribution is 1.15. The first kappa shape index (κ1) is 8.20. The van der Waals surface area contributed by atoms with Gasteiger partial charge >= 0.3 is 0 Å². The summed E-state index contributed by atoms with van der Waals surface area (Å²) in [5.74, 6) is 0.00722. The summed E-state index contributed by atoms with van der Waals surface area (Å²) in [5.41, 5.74) is 6.66. The van der Waals surface area contributed by atoms with Crippen molar-refractivity contribution in [2.45, 2.75) is 5.33 Å². The summed E-state index contributed by atoms with van der Waals surface area (Å²) in [5, 5.41) is 7.80. The van der Waals surface area contributed by atoms with E-state index < -0.39 is 0 Å². The molecule has 1 aromatic rings. The maximum Gasteiger partial charge on any atom is 0.141 e. The zero-order valence-corrected chi connectivity index (χ0v) is 7.43. The number of hydrogen-bond acceptors (Lipinski definition) is 2. The SMILES string of the molecule is N=C(N)c1cccc(CBr)n1. The maximum atomic E-state index is 7.11. The molecule has 0 aromatic carbocycles. The minimum Gasteiger partial charge on any atom is -0.382 e. The highest BCUT2D eigenvalue weighted by Crippen LogP contribution is 2.02. The summed E-state index contributed by atoms with van der Waals surface area (Å²) < 4.78 is 0. The molecule has 0 saturated carbocycles. The van der Waals surface area contributed by atoms with E-state index >= 15 is 0 Å². The Hall–Kier alpha value is -0.900. The van der Waals surface area contributed by atoms with E-state index in [0.29, 0.717) is 11.0 Å². The van der Waals surface area contributed by atoms with Crippen LogP contribution in [0.15, 0.2) is 18.2 Å². The number of pyridine rings is 1. The van der Waals surface area contributed by atoms with Crippen LogP contribution < -0.4 is 5.73 Å². The van der Waals surface area contributed by atoms with Crippen LogP contribution in [-0.2, 0) is 5.33 Å². The summed E-state index contributed by atoms with van der Waals surface area (Å²) in [6.45, 7) is 0. The molecule has 0 fully saturated rings. The van der Waals surface area contributed by atoms with Crippen LogP contribution in [0.4, 0.5) is 0 Å². The Morgan fingerprint density at radius 3 is 2.91 bits per heavy atom. The Morgan fingerprint density at radius 1 is 1.64 bits per heavy atom. The number of rotatable bonds is 2. The lowest BCUT2D eigenvalue weighted by atomic mass is 10.3. The van der Waals surface area contributed by atoms with Crippen LogP contribution in [0, 0.1) is 5.41 Å². The number of aromatic nitrogens is 1. The quantitative estimate of drug-likeness (QED) is 0.442. The second-order valence-electron chi connectivity index (χ2n) is 2.06. The molecule has 0 radical (unpaired) electrons. The van der Waals surface area contributed by atoms with Crippen molar-refractivity contribution in [1.82, 2.24) is 4.98 Å². The molecule has 0 bridgehead atoms. The minimum atomic E-state index is 0.00722. The lowest BCUT2D eigenvalue weighted by Crippen LogP contribution is -2.13. The number of nitrogen functional groups attached to an aromatic ring is 1. The maximum absolute atomic E-state index is 7.11. The van der Waals surface area contributed by atoms with Crippen LogP contribution in [0.5, 0.6) is 0 Å². The van der Waals surface area contributed by atoms with E-state index in [4.69, 9.17) is 11.1 Å². The van der Waals surface area contributed by atoms with Crippen molar-refractivity contribution in [2.75, 3.05) is 0 Å². The zero-order chi connectivity index (χ0) is 8.27. The third-order valence-corrected chi connectivity index (χ3v) is 1.79. The van der Waals surface area contributed by atoms with Gasteiger partial charge in [0.1, 0.15) is 11.5 Å². The first-order chi connectivity index (χ1) is 5.24. The van der Waals surface area contributed by atoms with Gasteiger partial charge in [0.15, 0.2) is 0 Å². The van der Waals surface area contributed by atoms with E-state index in [1.54, 1.807) is 6.07 Å². The molecule has 0 spiro atoms. The van der Waals surface area contributed by atoms with E-state index in [1.165, 1.54) is 0 Å². The molecule has 3 N–H and O–H groups in total. The van der Waals surface area contributed by atoms with Gasteiger partial charge < -0.3 is 5.73 Å². The van der Waals surface area contributed by atoms with Gasteiger partial charge in [-0.1, -0.05) is 22.0 Å². The molecule has 0 unspecified atom stereocenters. The molecule has 0 saturated heterocycles. The average molecular weight is 214 g/mol. The van der Waals surface area contributed by atoms with Gasteiger partial charge in [-0.15, -0.1) is 0 Å². The summed E-state index contributed by atoms with van der Waals surface area (Å²) in [6, 6.07) is 5.43. The first-order valence-electron chi connectivity index (χ1n) is 3.10. The highest BCUT2D eigenvalue weighted by Gasteiger charge is 1.97. The monoisotopic (exact) mass is 213 g/mol. The van der Waals surface area contributed by atoms with Gasteiger partial charge in [-0.2, -0.15) is 0 Å². The van der Waals surface area contributed by atoms with Crippen molar-refractivity contribution in [2.24, 2.45) is 5.73 Å². The molecule has 0 aliphatic carbocycles. The van der Waals surface area contributed by atoms with Gasteiger partial charge in [0.25, 0.3) is 0 Å². The molecule has 0 amide bonds. The molecule has 3 nitrogen and oxygen atoms in total. The van der Waals surface area contributed by atoms with Crippen molar-refractivity contribution >= 4 is 21.8 Å². The molecule has 1 aromatic heterocycles. The summed E-state index contributed by atoms with van der Waals surface area (Å²) in [7, 11) is 0. The molecular formula is C7H8BrN3. The van der Waals surface area contributed by atoms with Crippen LogP contribution in [0.25, 0.3) is 0 Å². The zero-order valence-electron chi connectivity index (χ0n) is 5.84. The van der Waals surface area contributed by atoms with Crippen LogP contribution in [0.1, 0.15) is 11.4 Å². The van der Waals surface area contributed by atoms with Crippen molar-refractivity contribution in [3.8, 4) is 0 Å². The first-order valence-corrected chi connectivity index (χ1v) is 4.22. The fourth-order valence-electron chi connectivity index (χ4n) is 0.704. The Balaban J connectivity index is 3.01. The number of amidine groups is 1. The molecule has 11 heavy (non-hydrogen) atoms. The Labute approximate surface area is 73.3 Å². The van der Waals surface area contributed by atoms with E-state index in [-0.39, 0.29) is 5.84 Å². The number of nitrogens with two attached hydrogens (primary N) is 1. The smallest absolute Gasteiger partial charge is 0.141 e. The predicted molar refractivity (Wildman–Crippen MR) is 47.9 cm³/mol.